The number of halogens is 1. The summed E-state index contributed by atoms with van der Waals surface area (Å²) in [6, 6.07) is 0. The number of hydrogen-bond acceptors (Lipinski definition) is 4. The minimum absolute atomic E-state index is 0.00341. The first-order valence-electron chi connectivity index (χ1n) is 11.0. The number of ether oxygens (including phenoxy) is 1. The van der Waals surface area contributed by atoms with Crippen LogP contribution in [0.25, 0.3) is 0 Å². The summed E-state index contributed by atoms with van der Waals surface area (Å²) in [7, 11) is 0. The van der Waals surface area contributed by atoms with Crippen LogP contribution < -0.4 is 0 Å². The molecule has 4 rings (SSSR count). The van der Waals surface area contributed by atoms with E-state index in [1.165, 1.54) is 13.3 Å². The Bertz CT molecular complexity index is 690. The average molecular weight is 453 g/mol. The van der Waals surface area contributed by atoms with Crippen LogP contribution >= 0.6 is 15.9 Å². The molecule has 28 heavy (non-hydrogen) atoms. The maximum Gasteiger partial charge on any atom is 0.303 e. The third kappa shape index (κ3) is 3.11. The molecular weight excluding hydrogens is 420 g/mol. The number of carbonyl (C=O) groups excluding carboxylic acids is 3. The van der Waals surface area contributed by atoms with Gasteiger partial charge < -0.3 is 4.74 Å². The van der Waals surface area contributed by atoms with Crippen LogP contribution in [0.2, 0.25) is 0 Å². The monoisotopic (exact) mass is 452 g/mol. The predicted octanol–water partition coefficient (Wildman–Crippen LogP) is 4.72. The third-order valence-corrected chi connectivity index (χ3v) is 10.1. The predicted molar refractivity (Wildman–Crippen MR) is 110 cm³/mol. The molecule has 4 nitrogen and oxygen atoms in total. The topological polar surface area (TPSA) is 60.4 Å². The van der Waals surface area contributed by atoms with Crippen LogP contribution in [0.5, 0.6) is 0 Å². The first-order valence-corrected chi connectivity index (χ1v) is 11.9. The first-order chi connectivity index (χ1) is 13.2. The highest BCUT2D eigenvalue weighted by molar-refractivity contribution is 9.09. The van der Waals surface area contributed by atoms with Crippen LogP contribution in [0.4, 0.5) is 0 Å². The zero-order chi connectivity index (χ0) is 20.3. The highest BCUT2D eigenvalue weighted by Crippen LogP contribution is 2.68. The Morgan fingerprint density at radius 3 is 2.61 bits per heavy atom. The van der Waals surface area contributed by atoms with Gasteiger partial charge in [-0.05, 0) is 73.0 Å². The Morgan fingerprint density at radius 2 is 1.89 bits per heavy atom. The highest BCUT2D eigenvalue weighted by Gasteiger charge is 2.63. The average Bonchev–Trinajstić information content (AvgIpc) is 2.96. The maximum absolute atomic E-state index is 12.9. The Labute approximate surface area is 176 Å². The van der Waals surface area contributed by atoms with Gasteiger partial charge in [-0.2, -0.15) is 0 Å². The van der Waals surface area contributed by atoms with E-state index in [0.717, 1.165) is 44.9 Å². The van der Waals surface area contributed by atoms with Crippen LogP contribution in [0.15, 0.2) is 0 Å². The summed E-state index contributed by atoms with van der Waals surface area (Å²) in [6.07, 6.45) is 7.90. The van der Waals surface area contributed by atoms with Crippen LogP contribution in [0.1, 0.15) is 72.1 Å². The Hall–Kier alpha value is -0.710. The van der Waals surface area contributed by atoms with Gasteiger partial charge in [-0.1, -0.05) is 29.8 Å². The molecule has 4 aliphatic carbocycles. The molecule has 0 aromatic rings. The van der Waals surface area contributed by atoms with Crippen molar-refractivity contribution in [2.45, 2.75) is 77.0 Å². The van der Waals surface area contributed by atoms with Gasteiger partial charge in [-0.3, -0.25) is 14.4 Å². The molecule has 0 aliphatic heterocycles. The van der Waals surface area contributed by atoms with E-state index in [2.05, 4.69) is 29.8 Å². The molecule has 0 aromatic carbocycles. The lowest BCUT2D eigenvalue weighted by molar-refractivity contribution is -0.151. The van der Waals surface area contributed by atoms with E-state index in [1.54, 1.807) is 0 Å². The van der Waals surface area contributed by atoms with E-state index in [0.29, 0.717) is 34.3 Å². The second-order valence-electron chi connectivity index (χ2n) is 10.4. The van der Waals surface area contributed by atoms with E-state index in [-0.39, 0.29) is 35.1 Å². The van der Waals surface area contributed by atoms with Crippen molar-refractivity contribution in [2.24, 2.45) is 40.4 Å². The lowest BCUT2D eigenvalue weighted by Gasteiger charge is -2.61. The van der Waals surface area contributed by atoms with Crippen LogP contribution in [-0.2, 0) is 19.1 Å². The smallest absolute Gasteiger partial charge is 0.303 e. The molecule has 4 saturated carbocycles. The molecule has 156 valence electrons. The van der Waals surface area contributed by atoms with E-state index < -0.39 is 0 Å². The summed E-state index contributed by atoms with van der Waals surface area (Å²) < 4.78 is 5.04. The lowest BCUT2D eigenvalue weighted by Crippen LogP contribution is -2.58. The van der Waals surface area contributed by atoms with Crippen molar-refractivity contribution < 1.29 is 19.1 Å². The van der Waals surface area contributed by atoms with Crippen LogP contribution in [0.3, 0.4) is 0 Å². The SMILES string of the molecule is CC(=O)OCC(=O)[C@H]1CC[C@H]2[C@@H]3CC[C@@H]4CC(=O)CC[C@]4(C)[C@H]3[C@H](Br)C[C@]12C. The molecule has 8 atom stereocenters. The number of carbonyl (C=O) groups is 3. The highest BCUT2D eigenvalue weighted by atomic mass is 79.9. The van der Waals surface area contributed by atoms with Crippen molar-refractivity contribution in [3.63, 3.8) is 0 Å². The van der Waals surface area contributed by atoms with Crippen molar-refractivity contribution in [1.29, 1.82) is 0 Å². The maximum atomic E-state index is 12.9. The van der Waals surface area contributed by atoms with Gasteiger partial charge in [0, 0.05) is 30.5 Å². The fourth-order valence-electron chi connectivity index (χ4n) is 7.90. The van der Waals surface area contributed by atoms with Gasteiger partial charge in [-0.25, -0.2) is 0 Å². The molecule has 0 radical (unpaired) electrons. The van der Waals surface area contributed by atoms with Gasteiger partial charge in [0.15, 0.2) is 5.78 Å². The standard InChI is InChI=1S/C23H33BrO4/c1-13(25)28-12-20(27)18-7-6-17-16-5-4-14-10-15(26)8-9-22(14,2)21(16)19(24)11-23(17,18)3/h14,16-19,21H,4-12H2,1-3H3/t14-,16+,17+,18-,19-,21-,22+,23+/m1/s1. The summed E-state index contributed by atoms with van der Waals surface area (Å²) in [5.41, 5.74) is 0.229. The second-order valence-corrected chi connectivity index (χ2v) is 11.6. The zero-order valence-corrected chi connectivity index (χ0v) is 18.9. The van der Waals surface area contributed by atoms with E-state index in [9.17, 15) is 14.4 Å². The molecular formula is C23H33BrO4. The first kappa shape index (κ1) is 20.6. The number of ketones is 2. The molecule has 0 heterocycles. The van der Waals surface area contributed by atoms with Crippen LogP contribution in [-0.4, -0.2) is 29.0 Å². The third-order valence-electron chi connectivity index (χ3n) is 9.18. The van der Waals surface area contributed by atoms with Gasteiger partial charge in [0.1, 0.15) is 12.4 Å². The van der Waals surface area contributed by atoms with E-state index in [4.69, 9.17) is 4.74 Å². The fourth-order valence-corrected chi connectivity index (χ4v) is 9.59. The number of hydrogen-bond donors (Lipinski definition) is 0. The lowest BCUT2D eigenvalue weighted by atomic mass is 9.44. The van der Waals surface area contributed by atoms with Gasteiger partial charge in [-0.15, -0.1) is 0 Å². The molecule has 0 bridgehead atoms. The van der Waals surface area contributed by atoms with Gasteiger partial charge in [0.25, 0.3) is 0 Å². The molecule has 5 heteroatoms. The molecule has 0 amide bonds. The summed E-state index contributed by atoms with van der Waals surface area (Å²) in [6.45, 7) is 6.03. The largest absolute Gasteiger partial charge is 0.458 e. The summed E-state index contributed by atoms with van der Waals surface area (Å²) >= 11 is 4.07. The quantitative estimate of drug-likeness (QED) is 0.458. The molecule has 0 unspecified atom stereocenters. The summed E-state index contributed by atoms with van der Waals surface area (Å²) in [5, 5.41) is 0. The minimum atomic E-state index is -0.381. The van der Waals surface area contributed by atoms with Crippen LogP contribution in [0, 0.1) is 40.4 Å². The Kier molecular flexibility index (Phi) is 5.29. The number of rotatable bonds is 3. The van der Waals surface area contributed by atoms with E-state index in [1.807, 2.05) is 0 Å². The summed E-state index contributed by atoms with van der Waals surface area (Å²) in [5.74, 6) is 2.48. The van der Waals surface area contributed by atoms with Crippen molar-refractivity contribution >= 4 is 33.5 Å². The van der Waals surface area contributed by atoms with Gasteiger partial charge in [0.05, 0.1) is 0 Å². The molecule has 0 N–H and O–H groups in total. The van der Waals surface area contributed by atoms with Crippen molar-refractivity contribution in [3.8, 4) is 0 Å². The van der Waals surface area contributed by atoms with Gasteiger partial charge >= 0.3 is 5.97 Å². The normalized spacial score (nSPS) is 47.6. The zero-order valence-electron chi connectivity index (χ0n) is 17.3. The van der Waals surface area contributed by atoms with Crippen molar-refractivity contribution in [3.05, 3.63) is 0 Å². The van der Waals surface area contributed by atoms with Crippen molar-refractivity contribution in [2.75, 3.05) is 6.61 Å². The van der Waals surface area contributed by atoms with Gasteiger partial charge in [0.2, 0.25) is 0 Å². The van der Waals surface area contributed by atoms with E-state index >= 15 is 0 Å². The summed E-state index contributed by atoms with van der Waals surface area (Å²) in [4.78, 5) is 36.5. The number of esters is 1. The molecule has 4 aliphatic rings. The fraction of sp³-hybridized carbons (Fsp3) is 0.870. The Balaban J connectivity index is 1.58. The second kappa shape index (κ2) is 7.21. The number of fused-ring (bicyclic) bond motifs is 5. The minimum Gasteiger partial charge on any atom is -0.458 e. The molecule has 0 spiro atoms. The number of Topliss-reactive ketones (excluding diaryl/α,β-unsaturated/α-hetero) is 2. The molecule has 4 fully saturated rings. The molecule has 0 aromatic heterocycles. The Morgan fingerprint density at radius 1 is 1.14 bits per heavy atom. The molecule has 0 saturated heterocycles. The van der Waals surface area contributed by atoms with Crippen molar-refractivity contribution in [1.82, 2.24) is 0 Å². The number of alkyl halides is 1.